The van der Waals surface area contributed by atoms with Gasteiger partial charge in [-0.05, 0) is 13.0 Å². The molecule has 1 atom stereocenters. The van der Waals surface area contributed by atoms with E-state index in [-0.39, 0.29) is 5.56 Å². The largest absolute Gasteiger partial charge is 0.378 e. The van der Waals surface area contributed by atoms with E-state index < -0.39 is 11.4 Å². The minimum absolute atomic E-state index is 0.000000000000000222. The molecule has 1 rings (SSSR count). The Bertz CT molecular complexity index is 294. The summed E-state index contributed by atoms with van der Waals surface area (Å²) in [5.74, 6) is -0.574. The van der Waals surface area contributed by atoms with Crippen molar-refractivity contribution in [1.29, 1.82) is 0 Å². The Morgan fingerprint density at radius 1 is 1.50 bits per heavy atom. The van der Waals surface area contributed by atoms with E-state index in [4.69, 9.17) is 0 Å². The van der Waals surface area contributed by atoms with Crippen molar-refractivity contribution in [3.05, 3.63) is 35.6 Å². The smallest absolute Gasteiger partial charge is 0.155 e. The molecule has 1 N–H and O–H groups in total. The van der Waals surface area contributed by atoms with E-state index in [1.807, 2.05) is 0 Å². The second kappa shape index (κ2) is 3.03. The van der Waals surface area contributed by atoms with Gasteiger partial charge in [0.15, 0.2) is 6.29 Å². The van der Waals surface area contributed by atoms with Crippen LogP contribution in [0, 0.1) is 5.82 Å². The standard InChI is InChI=1S/C9H9FO2/c1-9(12,6-11)7-4-2-3-5-8(7)10/h2-6,12H,1H3. The van der Waals surface area contributed by atoms with Crippen LogP contribution in [0.25, 0.3) is 0 Å². The van der Waals surface area contributed by atoms with Crippen LogP contribution in [-0.4, -0.2) is 11.4 Å². The molecule has 0 saturated heterocycles. The third-order valence-electron chi connectivity index (χ3n) is 1.65. The summed E-state index contributed by atoms with van der Waals surface area (Å²) in [5.41, 5.74) is -1.73. The second-order valence-electron chi connectivity index (χ2n) is 2.75. The van der Waals surface area contributed by atoms with E-state index in [1.54, 1.807) is 6.07 Å². The maximum Gasteiger partial charge on any atom is 0.155 e. The average molecular weight is 168 g/mol. The maximum atomic E-state index is 13.0. The SMILES string of the molecule is CC(O)(C=O)c1ccccc1F. The van der Waals surface area contributed by atoms with Crippen LogP contribution in [-0.2, 0) is 10.4 Å². The van der Waals surface area contributed by atoms with Crippen molar-refractivity contribution >= 4 is 6.29 Å². The van der Waals surface area contributed by atoms with Gasteiger partial charge in [-0.15, -0.1) is 0 Å². The molecule has 0 amide bonds. The molecule has 64 valence electrons. The molecule has 0 spiro atoms. The van der Waals surface area contributed by atoms with Crippen molar-refractivity contribution in [3.8, 4) is 0 Å². The predicted octanol–water partition coefficient (Wildman–Crippen LogP) is 1.23. The molecule has 0 saturated carbocycles. The fourth-order valence-electron chi connectivity index (χ4n) is 0.935. The van der Waals surface area contributed by atoms with Crippen LogP contribution in [0.1, 0.15) is 12.5 Å². The summed E-state index contributed by atoms with van der Waals surface area (Å²) >= 11 is 0. The molecule has 0 heterocycles. The lowest BCUT2D eigenvalue weighted by molar-refractivity contribution is -0.123. The van der Waals surface area contributed by atoms with Crippen LogP contribution in [0.4, 0.5) is 4.39 Å². The van der Waals surface area contributed by atoms with Crippen molar-refractivity contribution in [2.24, 2.45) is 0 Å². The highest BCUT2D eigenvalue weighted by Crippen LogP contribution is 2.20. The average Bonchev–Trinajstić information content (AvgIpc) is 2.05. The Labute approximate surface area is 69.6 Å². The van der Waals surface area contributed by atoms with Gasteiger partial charge in [0.2, 0.25) is 0 Å². The number of rotatable bonds is 2. The number of hydrogen-bond acceptors (Lipinski definition) is 2. The third kappa shape index (κ3) is 1.51. The third-order valence-corrected chi connectivity index (χ3v) is 1.65. The molecular weight excluding hydrogens is 159 g/mol. The van der Waals surface area contributed by atoms with Crippen molar-refractivity contribution in [1.82, 2.24) is 0 Å². The van der Waals surface area contributed by atoms with Gasteiger partial charge in [-0.3, -0.25) is 4.79 Å². The van der Waals surface area contributed by atoms with E-state index in [1.165, 1.54) is 25.1 Å². The highest BCUT2D eigenvalue weighted by molar-refractivity contribution is 5.65. The highest BCUT2D eigenvalue weighted by atomic mass is 19.1. The monoisotopic (exact) mass is 168 g/mol. The molecule has 0 aliphatic rings. The Balaban J connectivity index is 3.19. The minimum Gasteiger partial charge on any atom is -0.378 e. The first kappa shape index (κ1) is 8.87. The number of carbonyl (C=O) groups excluding carboxylic acids is 1. The zero-order valence-electron chi connectivity index (χ0n) is 6.62. The van der Waals surface area contributed by atoms with E-state index >= 15 is 0 Å². The molecule has 0 radical (unpaired) electrons. The van der Waals surface area contributed by atoms with Gasteiger partial charge in [-0.1, -0.05) is 18.2 Å². The van der Waals surface area contributed by atoms with Crippen molar-refractivity contribution in [2.45, 2.75) is 12.5 Å². The molecule has 3 heteroatoms. The molecule has 0 bridgehead atoms. The molecule has 0 aliphatic carbocycles. The summed E-state index contributed by atoms with van der Waals surface area (Å²) < 4.78 is 13.0. The van der Waals surface area contributed by atoms with Crippen LogP contribution in [0.5, 0.6) is 0 Å². The number of benzene rings is 1. The van der Waals surface area contributed by atoms with Crippen molar-refractivity contribution in [2.75, 3.05) is 0 Å². The highest BCUT2D eigenvalue weighted by Gasteiger charge is 2.24. The lowest BCUT2D eigenvalue weighted by Crippen LogP contribution is -2.24. The summed E-state index contributed by atoms with van der Waals surface area (Å²) in [6.45, 7) is 1.25. The van der Waals surface area contributed by atoms with E-state index in [9.17, 15) is 14.3 Å². The second-order valence-corrected chi connectivity index (χ2v) is 2.75. The Hall–Kier alpha value is -1.22. The molecule has 1 aromatic rings. The normalized spacial score (nSPS) is 15.2. The lowest BCUT2D eigenvalue weighted by Gasteiger charge is -2.16. The fraction of sp³-hybridized carbons (Fsp3) is 0.222. The molecule has 0 fully saturated rings. The summed E-state index contributed by atoms with van der Waals surface area (Å²) in [4.78, 5) is 10.4. The van der Waals surface area contributed by atoms with E-state index in [0.717, 1.165) is 0 Å². The van der Waals surface area contributed by atoms with Crippen LogP contribution in [0.2, 0.25) is 0 Å². The minimum atomic E-state index is -1.73. The predicted molar refractivity (Wildman–Crippen MR) is 42.0 cm³/mol. The summed E-state index contributed by atoms with van der Waals surface area (Å²) in [6, 6.07) is 5.65. The number of aliphatic hydroxyl groups is 1. The molecular formula is C9H9FO2. The van der Waals surface area contributed by atoms with E-state index in [0.29, 0.717) is 6.29 Å². The zero-order chi connectivity index (χ0) is 9.19. The van der Waals surface area contributed by atoms with Crippen LogP contribution in [0.3, 0.4) is 0 Å². The van der Waals surface area contributed by atoms with Gasteiger partial charge in [-0.2, -0.15) is 0 Å². The topological polar surface area (TPSA) is 37.3 Å². The number of aldehydes is 1. The van der Waals surface area contributed by atoms with Gasteiger partial charge in [0, 0.05) is 5.56 Å². The van der Waals surface area contributed by atoms with E-state index in [2.05, 4.69) is 0 Å². The number of halogens is 1. The Morgan fingerprint density at radius 3 is 2.58 bits per heavy atom. The maximum absolute atomic E-state index is 13.0. The number of hydrogen-bond donors (Lipinski definition) is 1. The number of carbonyl (C=O) groups is 1. The van der Waals surface area contributed by atoms with Gasteiger partial charge < -0.3 is 5.11 Å². The first-order chi connectivity index (χ1) is 5.58. The molecule has 12 heavy (non-hydrogen) atoms. The van der Waals surface area contributed by atoms with Crippen molar-refractivity contribution in [3.63, 3.8) is 0 Å². The molecule has 2 nitrogen and oxygen atoms in total. The molecule has 1 unspecified atom stereocenters. The molecule has 0 aromatic heterocycles. The quantitative estimate of drug-likeness (QED) is 0.674. The van der Waals surface area contributed by atoms with Gasteiger partial charge in [0.05, 0.1) is 0 Å². The summed E-state index contributed by atoms with van der Waals surface area (Å²) in [6.07, 6.45) is 0.311. The Morgan fingerprint density at radius 2 is 2.08 bits per heavy atom. The first-order valence-corrected chi connectivity index (χ1v) is 3.51. The molecule has 0 aliphatic heterocycles. The fourth-order valence-corrected chi connectivity index (χ4v) is 0.935. The molecule has 1 aromatic carbocycles. The van der Waals surface area contributed by atoms with Crippen LogP contribution >= 0.6 is 0 Å². The van der Waals surface area contributed by atoms with Gasteiger partial charge >= 0.3 is 0 Å². The van der Waals surface area contributed by atoms with Crippen LogP contribution < -0.4 is 0 Å². The van der Waals surface area contributed by atoms with Gasteiger partial charge in [0.1, 0.15) is 11.4 Å². The Kier molecular flexibility index (Phi) is 2.24. The zero-order valence-corrected chi connectivity index (χ0v) is 6.62. The van der Waals surface area contributed by atoms with Crippen LogP contribution in [0.15, 0.2) is 24.3 Å². The lowest BCUT2D eigenvalue weighted by atomic mass is 9.97. The van der Waals surface area contributed by atoms with Gasteiger partial charge in [0.25, 0.3) is 0 Å². The summed E-state index contributed by atoms with van der Waals surface area (Å²) in [5, 5.41) is 9.37. The first-order valence-electron chi connectivity index (χ1n) is 3.51. The van der Waals surface area contributed by atoms with Crippen molar-refractivity contribution < 1.29 is 14.3 Å². The van der Waals surface area contributed by atoms with Gasteiger partial charge in [-0.25, -0.2) is 4.39 Å². The summed E-state index contributed by atoms with van der Waals surface area (Å²) in [7, 11) is 0.